The van der Waals surface area contributed by atoms with E-state index in [1.807, 2.05) is 30.3 Å². The van der Waals surface area contributed by atoms with Crippen LogP contribution in [0.15, 0.2) is 61.1 Å². The van der Waals surface area contributed by atoms with Crippen LogP contribution >= 0.6 is 0 Å². The molecule has 124 valence electrons. The molecular weight excluding hydrogens is 326 g/mol. The Hall–Kier alpha value is -2.58. The number of aromatic nitrogens is 4. The maximum atomic E-state index is 12.1. The first-order chi connectivity index (χ1) is 11.6. The summed E-state index contributed by atoms with van der Waals surface area (Å²) >= 11 is 0. The van der Waals surface area contributed by atoms with E-state index in [2.05, 4.69) is 20.0 Å². The van der Waals surface area contributed by atoms with Crippen LogP contribution in [0, 0.1) is 0 Å². The van der Waals surface area contributed by atoms with Gasteiger partial charge in [-0.3, -0.25) is 4.98 Å². The van der Waals surface area contributed by atoms with Gasteiger partial charge in [0.05, 0.1) is 29.9 Å². The lowest BCUT2D eigenvalue weighted by Gasteiger charge is -2.05. The van der Waals surface area contributed by atoms with Gasteiger partial charge in [-0.25, -0.2) is 17.8 Å². The van der Waals surface area contributed by atoms with Crippen molar-refractivity contribution in [3.63, 3.8) is 0 Å². The first-order valence-corrected chi connectivity index (χ1v) is 9.10. The molecule has 3 aromatic rings. The lowest BCUT2D eigenvalue weighted by atomic mass is 10.2. The molecule has 0 spiro atoms. The summed E-state index contributed by atoms with van der Waals surface area (Å²) in [5.74, 6) is 0.0372. The van der Waals surface area contributed by atoms with E-state index in [4.69, 9.17) is 0 Å². The zero-order valence-electron chi connectivity index (χ0n) is 12.9. The van der Waals surface area contributed by atoms with Crippen molar-refractivity contribution in [2.45, 2.75) is 13.0 Å². The molecule has 1 N–H and O–H groups in total. The summed E-state index contributed by atoms with van der Waals surface area (Å²) in [6.45, 7) is 0.113. The quantitative estimate of drug-likeness (QED) is 0.699. The van der Waals surface area contributed by atoms with Gasteiger partial charge in [0.15, 0.2) is 0 Å². The van der Waals surface area contributed by atoms with Gasteiger partial charge < -0.3 is 0 Å². The van der Waals surface area contributed by atoms with Gasteiger partial charge in [-0.05, 0) is 24.1 Å². The van der Waals surface area contributed by atoms with Crippen molar-refractivity contribution >= 4 is 10.0 Å². The van der Waals surface area contributed by atoms with Gasteiger partial charge in [-0.1, -0.05) is 35.5 Å². The maximum absolute atomic E-state index is 12.1. The van der Waals surface area contributed by atoms with Crippen molar-refractivity contribution in [1.82, 2.24) is 24.7 Å². The fraction of sp³-hybridized carbons (Fsp3) is 0.188. The molecule has 2 heterocycles. The standard InChI is InChI=1S/C16H17N5O2S/c22-24(23,11-8-14-4-2-1-3-5-14)18-12-15-13-21(20-19-15)16-6-9-17-10-7-16/h1-7,9-10,13,18H,8,11-12H2. The van der Waals surface area contributed by atoms with Crippen molar-refractivity contribution < 1.29 is 8.42 Å². The van der Waals surface area contributed by atoms with Gasteiger partial charge in [-0.15, -0.1) is 5.10 Å². The van der Waals surface area contributed by atoms with Crippen LogP contribution in [0.1, 0.15) is 11.3 Å². The van der Waals surface area contributed by atoms with E-state index in [1.54, 1.807) is 35.4 Å². The molecule has 0 aliphatic carbocycles. The number of nitrogens with one attached hydrogen (secondary N) is 1. The summed E-state index contributed by atoms with van der Waals surface area (Å²) in [6, 6.07) is 13.1. The number of sulfonamides is 1. The fourth-order valence-electron chi connectivity index (χ4n) is 2.16. The van der Waals surface area contributed by atoms with Crippen LogP contribution in [-0.2, 0) is 23.0 Å². The van der Waals surface area contributed by atoms with Crippen molar-refractivity contribution in [3.8, 4) is 5.69 Å². The highest BCUT2D eigenvalue weighted by Gasteiger charge is 2.12. The molecule has 0 amide bonds. The summed E-state index contributed by atoms with van der Waals surface area (Å²) < 4.78 is 28.3. The lowest BCUT2D eigenvalue weighted by molar-refractivity contribution is 0.579. The molecule has 7 nitrogen and oxygen atoms in total. The molecule has 0 bridgehead atoms. The normalized spacial score (nSPS) is 11.5. The summed E-state index contributed by atoms with van der Waals surface area (Å²) in [7, 11) is -3.37. The van der Waals surface area contributed by atoms with Gasteiger partial charge in [0.25, 0.3) is 0 Å². The van der Waals surface area contributed by atoms with E-state index in [0.717, 1.165) is 11.3 Å². The molecule has 2 aromatic heterocycles. The third-order valence-electron chi connectivity index (χ3n) is 3.44. The predicted molar refractivity (Wildman–Crippen MR) is 89.9 cm³/mol. The second kappa shape index (κ2) is 7.33. The topological polar surface area (TPSA) is 89.8 Å². The zero-order chi connectivity index (χ0) is 16.8. The maximum Gasteiger partial charge on any atom is 0.212 e. The summed E-state index contributed by atoms with van der Waals surface area (Å²) in [5.41, 5.74) is 2.36. The fourth-order valence-corrected chi connectivity index (χ4v) is 3.17. The molecule has 8 heteroatoms. The third kappa shape index (κ3) is 4.46. The van der Waals surface area contributed by atoms with Crippen LogP contribution in [-0.4, -0.2) is 34.1 Å². The second-order valence-corrected chi connectivity index (χ2v) is 7.16. The Morgan fingerprint density at radius 2 is 1.79 bits per heavy atom. The number of benzene rings is 1. The minimum Gasteiger partial charge on any atom is -0.265 e. The van der Waals surface area contributed by atoms with Crippen LogP contribution in [0.5, 0.6) is 0 Å². The zero-order valence-corrected chi connectivity index (χ0v) is 13.7. The Balaban J connectivity index is 1.56. The first kappa shape index (κ1) is 16.3. The Morgan fingerprint density at radius 1 is 1.04 bits per heavy atom. The molecular formula is C16H17N5O2S. The lowest BCUT2D eigenvalue weighted by Crippen LogP contribution is -2.27. The Kier molecular flexibility index (Phi) is 4.97. The van der Waals surface area contributed by atoms with Crippen LogP contribution in [0.3, 0.4) is 0 Å². The van der Waals surface area contributed by atoms with Crippen molar-refractivity contribution in [1.29, 1.82) is 0 Å². The van der Waals surface area contributed by atoms with E-state index < -0.39 is 10.0 Å². The number of hydrogen-bond acceptors (Lipinski definition) is 5. The summed E-state index contributed by atoms with van der Waals surface area (Å²) in [5, 5.41) is 7.96. The largest absolute Gasteiger partial charge is 0.265 e. The molecule has 24 heavy (non-hydrogen) atoms. The highest BCUT2D eigenvalue weighted by atomic mass is 32.2. The van der Waals surface area contributed by atoms with E-state index in [1.165, 1.54) is 0 Å². The van der Waals surface area contributed by atoms with Gasteiger partial charge in [0.2, 0.25) is 10.0 Å². The number of pyridine rings is 1. The SMILES string of the molecule is O=S(=O)(CCc1ccccc1)NCc1cn(-c2ccncc2)nn1. The second-order valence-electron chi connectivity index (χ2n) is 5.24. The van der Waals surface area contributed by atoms with Crippen LogP contribution < -0.4 is 4.72 Å². The Morgan fingerprint density at radius 3 is 2.54 bits per heavy atom. The highest BCUT2D eigenvalue weighted by molar-refractivity contribution is 7.89. The third-order valence-corrected chi connectivity index (χ3v) is 4.77. The average Bonchev–Trinajstić information content (AvgIpc) is 3.09. The molecule has 0 radical (unpaired) electrons. The molecule has 0 fully saturated rings. The predicted octanol–water partition coefficient (Wildman–Crippen LogP) is 1.32. The number of nitrogens with zero attached hydrogens (tertiary/aromatic N) is 4. The number of aryl methyl sites for hydroxylation is 1. The van der Waals surface area contributed by atoms with Crippen molar-refractivity contribution in [2.75, 3.05) is 5.75 Å². The van der Waals surface area contributed by atoms with E-state index >= 15 is 0 Å². The smallest absolute Gasteiger partial charge is 0.212 e. The first-order valence-electron chi connectivity index (χ1n) is 7.45. The Labute approximate surface area is 140 Å². The average molecular weight is 343 g/mol. The highest BCUT2D eigenvalue weighted by Crippen LogP contribution is 2.05. The number of rotatable bonds is 7. The molecule has 0 atom stereocenters. The molecule has 0 saturated heterocycles. The molecule has 0 aliphatic heterocycles. The van der Waals surface area contributed by atoms with Gasteiger partial charge in [0, 0.05) is 12.4 Å². The minimum absolute atomic E-state index is 0.0372. The molecule has 0 unspecified atom stereocenters. The molecule has 1 aromatic carbocycles. The van der Waals surface area contributed by atoms with Crippen molar-refractivity contribution in [2.24, 2.45) is 0 Å². The van der Waals surface area contributed by atoms with Crippen LogP contribution in [0.25, 0.3) is 5.69 Å². The van der Waals surface area contributed by atoms with Gasteiger partial charge >= 0.3 is 0 Å². The van der Waals surface area contributed by atoms with Crippen LogP contribution in [0.4, 0.5) is 0 Å². The monoisotopic (exact) mass is 343 g/mol. The van der Waals surface area contributed by atoms with Gasteiger partial charge in [0.1, 0.15) is 0 Å². The van der Waals surface area contributed by atoms with Crippen LogP contribution in [0.2, 0.25) is 0 Å². The Bertz CT molecular complexity index is 879. The molecule has 0 aliphatic rings. The van der Waals surface area contributed by atoms with E-state index in [-0.39, 0.29) is 12.3 Å². The molecule has 3 rings (SSSR count). The molecule has 0 saturated carbocycles. The summed E-state index contributed by atoms with van der Waals surface area (Å²) in [6.07, 6.45) is 5.47. The van der Waals surface area contributed by atoms with Gasteiger partial charge in [-0.2, -0.15) is 0 Å². The summed E-state index contributed by atoms with van der Waals surface area (Å²) in [4.78, 5) is 3.94. The number of hydrogen-bond donors (Lipinski definition) is 1. The van der Waals surface area contributed by atoms with E-state index in [9.17, 15) is 8.42 Å². The minimum atomic E-state index is -3.37. The van der Waals surface area contributed by atoms with E-state index in [0.29, 0.717) is 12.1 Å². The van der Waals surface area contributed by atoms with Crippen molar-refractivity contribution in [3.05, 3.63) is 72.3 Å².